The number of halogens is 1. The number of aromatic hydroxyl groups is 1. The molecule has 2 unspecified atom stereocenters. The lowest BCUT2D eigenvalue weighted by molar-refractivity contribution is 0.170. The van der Waals surface area contributed by atoms with Crippen LogP contribution in [0.3, 0.4) is 0 Å². The Balaban J connectivity index is 1.66. The van der Waals surface area contributed by atoms with E-state index in [1.807, 2.05) is 48.5 Å². The molecule has 0 aliphatic carbocycles. The smallest absolute Gasteiger partial charge is 0.142 e. The zero-order valence-electron chi connectivity index (χ0n) is 20.4. The highest BCUT2D eigenvalue weighted by Gasteiger charge is 2.47. The number of phenolic OH excluding ortho intramolecular Hbond substituents is 1. The fraction of sp³-hybridized carbons (Fsp3) is 0.194. The van der Waals surface area contributed by atoms with Gasteiger partial charge in [-0.1, -0.05) is 74.0 Å². The van der Waals surface area contributed by atoms with Gasteiger partial charge in [-0.05, 0) is 72.0 Å². The Hall–Kier alpha value is -3.76. The number of phenols is 1. The van der Waals surface area contributed by atoms with E-state index in [-0.39, 0.29) is 11.9 Å². The largest absolute Gasteiger partial charge is 0.508 e. The first kappa shape index (κ1) is 22.7. The molecule has 0 fully saturated rings. The van der Waals surface area contributed by atoms with Crippen LogP contribution in [-0.4, -0.2) is 20.8 Å². The van der Waals surface area contributed by atoms with Crippen LogP contribution in [0.1, 0.15) is 37.5 Å². The molecule has 180 valence electrons. The van der Waals surface area contributed by atoms with Crippen LogP contribution >= 0.6 is 11.6 Å². The number of imidazole rings is 1. The van der Waals surface area contributed by atoms with Gasteiger partial charge < -0.3 is 14.4 Å². The van der Waals surface area contributed by atoms with Crippen LogP contribution in [0.15, 0.2) is 91.0 Å². The van der Waals surface area contributed by atoms with Crippen LogP contribution in [0, 0.1) is 5.92 Å². The molecule has 0 amide bonds. The lowest BCUT2D eigenvalue weighted by Gasteiger charge is -2.35. The van der Waals surface area contributed by atoms with E-state index in [2.05, 4.69) is 55.7 Å². The number of hydrogen-bond donors (Lipinski definition) is 1. The predicted octanol–water partition coefficient (Wildman–Crippen LogP) is 7.64. The zero-order valence-corrected chi connectivity index (χ0v) is 21.2. The van der Waals surface area contributed by atoms with Gasteiger partial charge >= 0.3 is 0 Å². The highest BCUT2D eigenvalue weighted by molar-refractivity contribution is 6.31. The first-order valence-electron chi connectivity index (χ1n) is 12.2. The normalized spacial score (nSPS) is 17.2. The molecule has 1 aliphatic rings. The van der Waals surface area contributed by atoms with Gasteiger partial charge in [0.25, 0.3) is 0 Å². The SMILES string of the molecule is CC(C)C(C)Oc1ccc(C2(c3ccc(O)cc3)c3ccccc3-c3nc4cc(Cl)ccc4n32)cc1. The third-order valence-electron chi connectivity index (χ3n) is 7.33. The fourth-order valence-electron chi connectivity index (χ4n) is 5.25. The molecular weight excluding hydrogens is 468 g/mol. The van der Waals surface area contributed by atoms with E-state index in [4.69, 9.17) is 21.3 Å². The Morgan fingerprint density at radius 1 is 0.861 bits per heavy atom. The molecule has 1 aromatic heterocycles. The second kappa shape index (κ2) is 8.42. The Bertz CT molecular complexity index is 1570. The molecule has 1 N–H and O–H groups in total. The first-order chi connectivity index (χ1) is 17.4. The molecule has 2 heterocycles. The molecule has 5 aromatic rings. The molecule has 0 radical (unpaired) electrons. The van der Waals surface area contributed by atoms with Crippen molar-refractivity contribution in [3.8, 4) is 22.9 Å². The monoisotopic (exact) mass is 494 g/mol. The van der Waals surface area contributed by atoms with Gasteiger partial charge in [-0.25, -0.2) is 4.98 Å². The number of nitrogens with zero attached hydrogens (tertiary/aromatic N) is 2. The second-order valence-corrected chi connectivity index (χ2v) is 10.2. The van der Waals surface area contributed by atoms with Gasteiger partial charge in [0, 0.05) is 10.6 Å². The van der Waals surface area contributed by atoms with Crippen molar-refractivity contribution >= 4 is 22.6 Å². The van der Waals surface area contributed by atoms with Crippen molar-refractivity contribution in [1.82, 2.24) is 9.55 Å². The van der Waals surface area contributed by atoms with E-state index in [0.29, 0.717) is 10.9 Å². The molecule has 4 nitrogen and oxygen atoms in total. The summed E-state index contributed by atoms with van der Waals surface area (Å²) < 4.78 is 8.50. The van der Waals surface area contributed by atoms with Gasteiger partial charge in [-0.2, -0.15) is 0 Å². The molecule has 1 aliphatic heterocycles. The Labute approximate surface area is 215 Å². The maximum Gasteiger partial charge on any atom is 0.142 e. The van der Waals surface area contributed by atoms with E-state index in [0.717, 1.165) is 44.9 Å². The zero-order chi connectivity index (χ0) is 25.0. The molecular formula is C31H27ClN2O2. The summed E-state index contributed by atoms with van der Waals surface area (Å²) in [5.41, 5.74) is 5.48. The first-order valence-corrected chi connectivity index (χ1v) is 12.6. The summed E-state index contributed by atoms with van der Waals surface area (Å²) in [6.07, 6.45) is 0.114. The van der Waals surface area contributed by atoms with Crippen molar-refractivity contribution in [1.29, 1.82) is 0 Å². The molecule has 4 aromatic carbocycles. The summed E-state index contributed by atoms with van der Waals surface area (Å²) in [6, 6.07) is 30.1. The molecule has 0 saturated heterocycles. The molecule has 0 bridgehead atoms. The van der Waals surface area contributed by atoms with Crippen molar-refractivity contribution in [2.45, 2.75) is 32.4 Å². The van der Waals surface area contributed by atoms with Gasteiger partial charge in [-0.15, -0.1) is 0 Å². The summed E-state index contributed by atoms with van der Waals surface area (Å²) in [4.78, 5) is 5.04. The van der Waals surface area contributed by atoms with Crippen LogP contribution in [0.5, 0.6) is 11.5 Å². The molecule has 6 rings (SSSR count). The number of benzene rings is 4. The van der Waals surface area contributed by atoms with Crippen LogP contribution in [0.2, 0.25) is 5.02 Å². The summed E-state index contributed by atoms with van der Waals surface area (Å²) in [6.45, 7) is 6.41. The molecule has 0 spiro atoms. The lowest BCUT2D eigenvalue weighted by atomic mass is 9.77. The van der Waals surface area contributed by atoms with Gasteiger partial charge in [0.2, 0.25) is 0 Å². The Morgan fingerprint density at radius 3 is 2.22 bits per heavy atom. The van der Waals surface area contributed by atoms with Crippen molar-refractivity contribution in [3.05, 3.63) is 113 Å². The van der Waals surface area contributed by atoms with Crippen molar-refractivity contribution in [3.63, 3.8) is 0 Å². The van der Waals surface area contributed by atoms with Crippen molar-refractivity contribution in [2.24, 2.45) is 5.92 Å². The quantitative estimate of drug-likeness (QED) is 0.268. The number of rotatable bonds is 5. The van der Waals surface area contributed by atoms with E-state index in [1.54, 1.807) is 12.1 Å². The van der Waals surface area contributed by atoms with Crippen LogP contribution in [-0.2, 0) is 5.54 Å². The van der Waals surface area contributed by atoms with Crippen LogP contribution in [0.4, 0.5) is 0 Å². The molecule has 2 atom stereocenters. The van der Waals surface area contributed by atoms with Crippen molar-refractivity contribution < 1.29 is 9.84 Å². The fourth-order valence-corrected chi connectivity index (χ4v) is 5.42. The molecule has 36 heavy (non-hydrogen) atoms. The van der Waals surface area contributed by atoms with Crippen molar-refractivity contribution in [2.75, 3.05) is 0 Å². The average molecular weight is 495 g/mol. The van der Waals surface area contributed by atoms with Gasteiger partial charge in [-0.3, -0.25) is 0 Å². The van der Waals surface area contributed by atoms with E-state index in [1.165, 1.54) is 0 Å². The maximum atomic E-state index is 10.1. The average Bonchev–Trinajstić information content (AvgIpc) is 3.38. The van der Waals surface area contributed by atoms with E-state index in [9.17, 15) is 5.11 Å². The highest BCUT2D eigenvalue weighted by atomic mass is 35.5. The third kappa shape index (κ3) is 3.32. The summed E-state index contributed by atoms with van der Waals surface area (Å²) in [7, 11) is 0. The van der Waals surface area contributed by atoms with Gasteiger partial charge in [0.05, 0.1) is 17.1 Å². The second-order valence-electron chi connectivity index (χ2n) is 9.80. The Morgan fingerprint density at radius 2 is 1.53 bits per heavy atom. The number of aromatic nitrogens is 2. The minimum atomic E-state index is -0.690. The highest BCUT2D eigenvalue weighted by Crippen LogP contribution is 2.53. The minimum absolute atomic E-state index is 0.114. The predicted molar refractivity (Wildman–Crippen MR) is 145 cm³/mol. The van der Waals surface area contributed by atoms with E-state index >= 15 is 0 Å². The Kier molecular flexibility index (Phi) is 5.31. The standard InChI is InChI=1S/C31H27ClN2O2/c1-19(2)20(3)36-25-15-10-22(11-16-25)31(21-8-13-24(35)14-9-21)27-7-5-4-6-26(27)30-33-28-18-23(32)12-17-29(28)34(30)31/h4-20,35H,1-3H3. The summed E-state index contributed by atoms with van der Waals surface area (Å²) in [5, 5.41) is 10.8. The van der Waals surface area contributed by atoms with Crippen LogP contribution in [0.25, 0.3) is 22.4 Å². The minimum Gasteiger partial charge on any atom is -0.508 e. The van der Waals surface area contributed by atoms with Gasteiger partial charge in [0.15, 0.2) is 0 Å². The summed E-state index contributed by atoms with van der Waals surface area (Å²) >= 11 is 6.35. The van der Waals surface area contributed by atoms with Crippen LogP contribution < -0.4 is 4.74 Å². The van der Waals surface area contributed by atoms with E-state index < -0.39 is 5.54 Å². The number of hydrogen-bond acceptors (Lipinski definition) is 3. The molecule has 5 heteroatoms. The maximum absolute atomic E-state index is 10.1. The number of fused-ring (bicyclic) bond motifs is 5. The number of ether oxygens (including phenoxy) is 1. The lowest BCUT2D eigenvalue weighted by Crippen LogP contribution is -2.34. The summed E-state index contributed by atoms with van der Waals surface area (Å²) in [5.74, 6) is 2.38. The topological polar surface area (TPSA) is 47.3 Å². The molecule has 0 saturated carbocycles. The third-order valence-corrected chi connectivity index (χ3v) is 7.56. The van der Waals surface area contributed by atoms with Gasteiger partial charge in [0.1, 0.15) is 22.9 Å².